The summed E-state index contributed by atoms with van der Waals surface area (Å²) >= 11 is 0. The van der Waals surface area contributed by atoms with Gasteiger partial charge in [0.25, 0.3) is 0 Å². The maximum Gasteiger partial charge on any atom is 0.416 e. The van der Waals surface area contributed by atoms with Gasteiger partial charge in [-0.3, -0.25) is 9.80 Å². The van der Waals surface area contributed by atoms with Crippen molar-refractivity contribution in [2.45, 2.75) is 31.9 Å². The molecular weight excluding hydrogens is 463 g/mol. The Balaban J connectivity index is 1.49. The van der Waals surface area contributed by atoms with Gasteiger partial charge in [0, 0.05) is 30.9 Å². The molecule has 0 saturated carbocycles. The molecule has 2 aliphatic rings. The molecule has 2 aromatic rings. The predicted molar refractivity (Wildman–Crippen MR) is 127 cm³/mol. The van der Waals surface area contributed by atoms with Gasteiger partial charge in [0.2, 0.25) is 0 Å². The maximum atomic E-state index is 13.2. The average molecular weight is 494 g/mol. The van der Waals surface area contributed by atoms with Crippen LogP contribution < -0.4 is 24.4 Å². The molecule has 0 unspecified atom stereocenters. The number of halogens is 3. The number of piperidine rings is 1. The molecule has 35 heavy (non-hydrogen) atoms. The van der Waals surface area contributed by atoms with Gasteiger partial charge in [-0.2, -0.15) is 13.2 Å². The second kappa shape index (κ2) is 10.6. The molecule has 0 radical (unpaired) electrons. The number of urea groups is 1. The molecule has 2 amide bonds. The zero-order chi connectivity index (χ0) is 25.0. The van der Waals surface area contributed by atoms with Gasteiger partial charge < -0.3 is 19.5 Å². The fraction of sp³-hybridized carbons (Fsp3) is 0.480. The van der Waals surface area contributed by atoms with Crippen molar-refractivity contribution in [1.29, 1.82) is 0 Å². The van der Waals surface area contributed by atoms with Crippen LogP contribution in [0.15, 0.2) is 30.3 Å². The Morgan fingerprint density at radius 1 is 0.971 bits per heavy atom. The Labute approximate surface area is 202 Å². The fourth-order valence-electron chi connectivity index (χ4n) is 4.49. The van der Waals surface area contributed by atoms with Crippen LogP contribution in [-0.2, 0) is 12.6 Å². The van der Waals surface area contributed by atoms with E-state index >= 15 is 0 Å². The van der Waals surface area contributed by atoms with Crippen LogP contribution in [0.2, 0.25) is 0 Å². The predicted octanol–water partition coefficient (Wildman–Crippen LogP) is 5.18. The first kappa shape index (κ1) is 25.0. The lowest BCUT2D eigenvalue weighted by molar-refractivity contribution is -0.137. The van der Waals surface area contributed by atoms with Gasteiger partial charge in [-0.25, -0.2) is 4.79 Å². The number of hydrogen-bond acceptors (Lipinski definition) is 5. The molecular formula is C25H30F3N3O4. The standard InChI is InChI=1S/C25H30F3N3O4/c1-33-20-14-18(25(26,27)28)13-19(15-20)29-24(32)31-9-6-17-12-22(34-2)23(16-21(17)31)35-11-10-30-7-4-3-5-8-30/h12-16H,3-11H2,1-2H3,(H,29,32). The summed E-state index contributed by atoms with van der Waals surface area (Å²) in [7, 11) is 2.84. The highest BCUT2D eigenvalue weighted by Crippen LogP contribution is 2.39. The SMILES string of the molecule is COc1cc(NC(=O)N2CCc3cc(OC)c(OCCN4CCCCC4)cc32)cc(C(F)(F)F)c1. The second-order valence-electron chi connectivity index (χ2n) is 8.66. The van der Waals surface area contributed by atoms with Crippen LogP contribution in [0.3, 0.4) is 0 Å². The number of methoxy groups -OCH3 is 2. The third-order valence-electron chi connectivity index (χ3n) is 6.34. The monoisotopic (exact) mass is 493 g/mol. The minimum absolute atomic E-state index is 0.00152. The fourth-order valence-corrected chi connectivity index (χ4v) is 4.49. The van der Waals surface area contributed by atoms with E-state index < -0.39 is 17.8 Å². The lowest BCUT2D eigenvalue weighted by Gasteiger charge is -2.26. The summed E-state index contributed by atoms with van der Waals surface area (Å²) in [6.45, 7) is 3.82. The number of anilines is 2. The van der Waals surface area contributed by atoms with Crippen LogP contribution in [0, 0.1) is 0 Å². The van der Waals surface area contributed by atoms with Crippen molar-refractivity contribution < 1.29 is 32.2 Å². The van der Waals surface area contributed by atoms with E-state index in [9.17, 15) is 18.0 Å². The smallest absolute Gasteiger partial charge is 0.416 e. The number of fused-ring (bicyclic) bond motifs is 1. The van der Waals surface area contributed by atoms with E-state index in [4.69, 9.17) is 14.2 Å². The van der Waals surface area contributed by atoms with E-state index in [1.165, 1.54) is 37.3 Å². The minimum Gasteiger partial charge on any atom is -0.497 e. The molecule has 0 aliphatic carbocycles. The zero-order valence-corrected chi connectivity index (χ0v) is 19.9. The number of rotatable bonds is 7. The number of nitrogens with zero attached hydrogens (tertiary/aromatic N) is 2. The molecule has 1 fully saturated rings. The lowest BCUT2D eigenvalue weighted by Crippen LogP contribution is -2.33. The molecule has 7 nitrogen and oxygen atoms in total. The van der Waals surface area contributed by atoms with Crippen molar-refractivity contribution in [2.75, 3.05) is 57.2 Å². The van der Waals surface area contributed by atoms with Gasteiger partial charge in [-0.1, -0.05) is 6.42 Å². The van der Waals surface area contributed by atoms with Crippen LogP contribution in [0.25, 0.3) is 0 Å². The zero-order valence-electron chi connectivity index (χ0n) is 19.9. The van der Waals surface area contributed by atoms with Crippen molar-refractivity contribution in [2.24, 2.45) is 0 Å². The Morgan fingerprint density at radius 3 is 2.43 bits per heavy atom. The first-order chi connectivity index (χ1) is 16.8. The Morgan fingerprint density at radius 2 is 1.74 bits per heavy atom. The Hall–Kier alpha value is -3.14. The summed E-state index contributed by atoms with van der Waals surface area (Å²) in [5, 5.41) is 2.57. The third-order valence-corrected chi connectivity index (χ3v) is 6.34. The summed E-state index contributed by atoms with van der Waals surface area (Å²) in [4.78, 5) is 16.9. The Kier molecular flexibility index (Phi) is 7.59. The summed E-state index contributed by atoms with van der Waals surface area (Å²) in [5.74, 6) is 1.13. The molecule has 2 aromatic carbocycles. The first-order valence-corrected chi connectivity index (χ1v) is 11.7. The highest BCUT2D eigenvalue weighted by Gasteiger charge is 2.32. The molecule has 0 atom stereocenters. The summed E-state index contributed by atoms with van der Waals surface area (Å²) < 4.78 is 56.2. The molecule has 10 heteroatoms. The second-order valence-corrected chi connectivity index (χ2v) is 8.66. The van der Waals surface area contributed by atoms with Crippen molar-refractivity contribution >= 4 is 17.4 Å². The van der Waals surface area contributed by atoms with Crippen molar-refractivity contribution in [3.63, 3.8) is 0 Å². The number of benzene rings is 2. The van der Waals surface area contributed by atoms with Crippen molar-refractivity contribution in [3.05, 3.63) is 41.5 Å². The molecule has 1 saturated heterocycles. The average Bonchev–Trinajstić information content (AvgIpc) is 3.26. The molecule has 190 valence electrons. The van der Waals surface area contributed by atoms with E-state index in [2.05, 4.69) is 10.2 Å². The summed E-state index contributed by atoms with van der Waals surface area (Å²) in [5.41, 5.74) is 0.655. The molecule has 4 rings (SSSR count). The van der Waals surface area contributed by atoms with Crippen molar-refractivity contribution in [3.8, 4) is 17.2 Å². The van der Waals surface area contributed by atoms with Crippen LogP contribution in [0.5, 0.6) is 17.2 Å². The lowest BCUT2D eigenvalue weighted by atomic mass is 10.1. The number of ether oxygens (including phenoxy) is 3. The Bertz CT molecular complexity index is 1050. The van der Waals surface area contributed by atoms with Crippen LogP contribution in [-0.4, -0.2) is 57.9 Å². The number of hydrogen-bond donors (Lipinski definition) is 1. The highest BCUT2D eigenvalue weighted by atomic mass is 19.4. The maximum absolute atomic E-state index is 13.2. The number of amides is 2. The molecule has 2 aliphatic heterocycles. The van der Waals surface area contributed by atoms with E-state index in [0.717, 1.165) is 37.3 Å². The van der Waals surface area contributed by atoms with Gasteiger partial charge in [0.1, 0.15) is 12.4 Å². The first-order valence-electron chi connectivity index (χ1n) is 11.7. The number of nitrogens with one attached hydrogen (secondary N) is 1. The quantitative estimate of drug-likeness (QED) is 0.576. The highest BCUT2D eigenvalue weighted by molar-refractivity contribution is 6.03. The molecule has 2 heterocycles. The largest absolute Gasteiger partial charge is 0.497 e. The summed E-state index contributed by atoms with van der Waals surface area (Å²) in [6, 6.07) is 6.22. The third kappa shape index (κ3) is 5.93. The van der Waals surface area contributed by atoms with Gasteiger partial charge in [-0.15, -0.1) is 0 Å². The number of carbonyl (C=O) groups is 1. The van der Waals surface area contributed by atoms with Crippen LogP contribution in [0.4, 0.5) is 29.3 Å². The van der Waals surface area contributed by atoms with Crippen LogP contribution >= 0.6 is 0 Å². The van der Waals surface area contributed by atoms with Gasteiger partial charge in [0.15, 0.2) is 11.5 Å². The van der Waals surface area contributed by atoms with Crippen LogP contribution in [0.1, 0.15) is 30.4 Å². The van der Waals surface area contributed by atoms with E-state index in [0.29, 0.717) is 36.8 Å². The number of alkyl halides is 3. The van der Waals surface area contributed by atoms with Gasteiger partial charge >= 0.3 is 12.2 Å². The van der Waals surface area contributed by atoms with E-state index in [1.807, 2.05) is 6.07 Å². The summed E-state index contributed by atoms with van der Waals surface area (Å²) in [6.07, 6.45) is -0.306. The topological polar surface area (TPSA) is 63.3 Å². The normalized spacial score (nSPS) is 16.1. The number of likely N-dealkylation sites (tertiary alicyclic amines) is 1. The van der Waals surface area contributed by atoms with E-state index in [-0.39, 0.29) is 11.4 Å². The van der Waals surface area contributed by atoms with Gasteiger partial charge in [0.05, 0.1) is 25.5 Å². The minimum atomic E-state index is -4.56. The molecule has 1 N–H and O–H groups in total. The molecule has 0 spiro atoms. The molecule has 0 bridgehead atoms. The number of carbonyl (C=O) groups excluding carboxylic acids is 1. The van der Waals surface area contributed by atoms with Gasteiger partial charge in [-0.05, 0) is 56.1 Å². The van der Waals surface area contributed by atoms with Crippen molar-refractivity contribution in [1.82, 2.24) is 4.90 Å². The molecule has 0 aromatic heterocycles. The van der Waals surface area contributed by atoms with E-state index in [1.54, 1.807) is 13.2 Å².